The predicted octanol–water partition coefficient (Wildman–Crippen LogP) is -1.28. The van der Waals surface area contributed by atoms with Gasteiger partial charge in [-0.3, -0.25) is 14.6 Å². The molecule has 1 spiro atoms. The lowest BCUT2D eigenvalue weighted by Crippen LogP contribution is -2.78. The highest BCUT2D eigenvalue weighted by atomic mass is 16.3. The second kappa shape index (κ2) is 5.26. The Morgan fingerprint density at radius 3 is 2.70 bits per heavy atom. The molecule has 3 aliphatic heterocycles. The summed E-state index contributed by atoms with van der Waals surface area (Å²) in [5, 5.41) is 19.0. The first-order valence-corrected chi connectivity index (χ1v) is 7.57. The van der Waals surface area contributed by atoms with E-state index in [0.717, 1.165) is 52.1 Å². The summed E-state index contributed by atoms with van der Waals surface area (Å²) >= 11 is 0. The van der Waals surface area contributed by atoms with Crippen LogP contribution in [-0.2, 0) is 4.79 Å². The minimum Gasteiger partial charge on any atom is -0.396 e. The van der Waals surface area contributed by atoms with Gasteiger partial charge in [0, 0.05) is 58.8 Å². The number of hydrogen-bond donors (Lipinski definition) is 2. The highest BCUT2D eigenvalue weighted by Gasteiger charge is 2.56. The SMILES string of the molecule is CC(=O)N1CC2(CN(CCCO)C[C@H]3C[C@@H](O)CN32)C1. The van der Waals surface area contributed by atoms with E-state index in [-0.39, 0.29) is 24.2 Å². The third kappa shape index (κ3) is 2.35. The summed E-state index contributed by atoms with van der Waals surface area (Å²) in [6.45, 7) is 6.96. The molecule has 0 saturated carbocycles. The van der Waals surface area contributed by atoms with Gasteiger partial charge in [-0.15, -0.1) is 0 Å². The van der Waals surface area contributed by atoms with Gasteiger partial charge in [0.25, 0.3) is 0 Å². The molecule has 0 aromatic rings. The Labute approximate surface area is 119 Å². The number of likely N-dealkylation sites (tertiary alicyclic amines) is 1. The Bertz CT molecular complexity index is 384. The normalized spacial score (nSPS) is 33.2. The van der Waals surface area contributed by atoms with Crippen LogP contribution in [0.3, 0.4) is 0 Å². The van der Waals surface area contributed by atoms with E-state index in [0.29, 0.717) is 6.04 Å². The number of piperazine rings is 1. The van der Waals surface area contributed by atoms with Gasteiger partial charge in [-0.2, -0.15) is 0 Å². The largest absolute Gasteiger partial charge is 0.396 e. The zero-order chi connectivity index (χ0) is 14.3. The number of carbonyl (C=O) groups excluding carboxylic acids is 1. The standard InChI is InChI=1S/C14H25N3O3/c1-11(19)16-9-14(10-16)8-15(3-2-4-18)6-12-5-13(20)7-17(12)14/h12-13,18,20H,2-10H2,1H3/t12-,13-/m1/s1. The minimum absolute atomic E-state index is 0.0293. The van der Waals surface area contributed by atoms with E-state index in [1.165, 1.54) is 0 Å². The number of nitrogens with zero attached hydrogens (tertiary/aromatic N) is 3. The van der Waals surface area contributed by atoms with Crippen molar-refractivity contribution < 1.29 is 15.0 Å². The van der Waals surface area contributed by atoms with Crippen molar-refractivity contribution in [3.63, 3.8) is 0 Å². The van der Waals surface area contributed by atoms with Crippen LogP contribution in [0.5, 0.6) is 0 Å². The minimum atomic E-state index is -0.235. The quantitative estimate of drug-likeness (QED) is 0.675. The van der Waals surface area contributed by atoms with Crippen molar-refractivity contribution in [2.45, 2.75) is 37.5 Å². The number of rotatable bonds is 3. The van der Waals surface area contributed by atoms with Gasteiger partial charge >= 0.3 is 0 Å². The van der Waals surface area contributed by atoms with Crippen molar-refractivity contribution in [1.29, 1.82) is 0 Å². The maximum absolute atomic E-state index is 11.5. The molecule has 0 unspecified atom stereocenters. The number of carbonyl (C=O) groups is 1. The Morgan fingerprint density at radius 1 is 1.30 bits per heavy atom. The molecule has 3 saturated heterocycles. The van der Waals surface area contributed by atoms with Crippen LogP contribution in [0.4, 0.5) is 0 Å². The van der Waals surface area contributed by atoms with E-state index in [4.69, 9.17) is 5.11 Å². The van der Waals surface area contributed by atoms with E-state index in [1.807, 2.05) is 4.90 Å². The summed E-state index contributed by atoms with van der Waals surface area (Å²) in [6, 6.07) is 0.395. The molecule has 0 aliphatic carbocycles. The molecule has 114 valence electrons. The van der Waals surface area contributed by atoms with Crippen LogP contribution in [0.2, 0.25) is 0 Å². The summed E-state index contributed by atoms with van der Waals surface area (Å²) in [4.78, 5) is 18.2. The van der Waals surface area contributed by atoms with Gasteiger partial charge in [0.05, 0.1) is 11.6 Å². The highest BCUT2D eigenvalue weighted by molar-refractivity contribution is 5.74. The Kier molecular flexibility index (Phi) is 3.75. The molecule has 3 fully saturated rings. The highest BCUT2D eigenvalue weighted by Crippen LogP contribution is 2.38. The number of aliphatic hydroxyl groups is 2. The average Bonchev–Trinajstić information content (AvgIpc) is 2.72. The molecular formula is C14H25N3O3. The second-order valence-corrected chi connectivity index (χ2v) is 6.61. The Hall–Kier alpha value is -0.690. The number of fused-ring (bicyclic) bond motifs is 2. The predicted molar refractivity (Wildman–Crippen MR) is 74.2 cm³/mol. The summed E-state index contributed by atoms with van der Waals surface area (Å²) in [6.07, 6.45) is 1.39. The average molecular weight is 283 g/mol. The lowest BCUT2D eigenvalue weighted by atomic mass is 9.83. The van der Waals surface area contributed by atoms with Gasteiger partial charge < -0.3 is 15.1 Å². The fourth-order valence-corrected chi connectivity index (χ4v) is 4.15. The van der Waals surface area contributed by atoms with Crippen molar-refractivity contribution >= 4 is 5.91 Å². The zero-order valence-corrected chi connectivity index (χ0v) is 12.2. The van der Waals surface area contributed by atoms with E-state index >= 15 is 0 Å². The molecular weight excluding hydrogens is 258 g/mol. The molecule has 2 atom stereocenters. The van der Waals surface area contributed by atoms with Crippen molar-refractivity contribution in [1.82, 2.24) is 14.7 Å². The van der Waals surface area contributed by atoms with E-state index < -0.39 is 0 Å². The zero-order valence-electron chi connectivity index (χ0n) is 12.2. The fraction of sp³-hybridized carbons (Fsp3) is 0.929. The molecule has 6 nitrogen and oxygen atoms in total. The summed E-state index contributed by atoms with van der Waals surface area (Å²) in [5.41, 5.74) is 0.0293. The van der Waals surface area contributed by atoms with E-state index in [2.05, 4.69) is 9.80 Å². The molecule has 3 aliphatic rings. The summed E-state index contributed by atoms with van der Waals surface area (Å²) in [5.74, 6) is 0.138. The molecule has 0 bridgehead atoms. The molecule has 6 heteroatoms. The van der Waals surface area contributed by atoms with Crippen molar-refractivity contribution in [3.8, 4) is 0 Å². The first kappa shape index (κ1) is 14.3. The van der Waals surface area contributed by atoms with Gasteiger partial charge in [-0.05, 0) is 12.8 Å². The van der Waals surface area contributed by atoms with Crippen molar-refractivity contribution in [3.05, 3.63) is 0 Å². The molecule has 1 amide bonds. The summed E-state index contributed by atoms with van der Waals surface area (Å²) in [7, 11) is 0. The maximum Gasteiger partial charge on any atom is 0.219 e. The molecule has 20 heavy (non-hydrogen) atoms. The van der Waals surface area contributed by atoms with Crippen LogP contribution in [0.1, 0.15) is 19.8 Å². The monoisotopic (exact) mass is 283 g/mol. The maximum atomic E-state index is 11.5. The number of hydrogen-bond acceptors (Lipinski definition) is 5. The topological polar surface area (TPSA) is 67.2 Å². The second-order valence-electron chi connectivity index (χ2n) is 6.61. The number of aliphatic hydroxyl groups excluding tert-OH is 2. The van der Waals surface area contributed by atoms with E-state index in [1.54, 1.807) is 6.92 Å². The molecule has 0 radical (unpaired) electrons. The first-order chi connectivity index (χ1) is 9.54. The molecule has 0 aromatic carbocycles. The van der Waals surface area contributed by atoms with Crippen molar-refractivity contribution in [2.24, 2.45) is 0 Å². The Morgan fingerprint density at radius 2 is 2.05 bits per heavy atom. The van der Waals surface area contributed by atoms with Crippen LogP contribution >= 0.6 is 0 Å². The molecule has 3 rings (SSSR count). The first-order valence-electron chi connectivity index (χ1n) is 7.57. The number of β-amino-alcohol motifs (C(OH)–C–C–N with tert-alkyl or cyclic N) is 1. The van der Waals surface area contributed by atoms with Gasteiger partial charge in [-0.25, -0.2) is 0 Å². The van der Waals surface area contributed by atoms with Crippen molar-refractivity contribution in [2.75, 3.05) is 45.9 Å². The fourth-order valence-electron chi connectivity index (χ4n) is 4.15. The molecule has 3 heterocycles. The lowest BCUT2D eigenvalue weighted by Gasteiger charge is -2.61. The molecule has 0 aromatic heterocycles. The van der Waals surface area contributed by atoms with Gasteiger partial charge in [0.1, 0.15) is 0 Å². The van der Waals surface area contributed by atoms with Crippen LogP contribution in [0.15, 0.2) is 0 Å². The van der Waals surface area contributed by atoms with Gasteiger partial charge in [0.2, 0.25) is 5.91 Å². The van der Waals surface area contributed by atoms with Gasteiger partial charge in [-0.1, -0.05) is 0 Å². The molecule has 2 N–H and O–H groups in total. The number of amides is 1. The summed E-state index contributed by atoms with van der Waals surface area (Å²) < 4.78 is 0. The van der Waals surface area contributed by atoms with E-state index in [9.17, 15) is 9.90 Å². The Balaban J connectivity index is 1.71. The van der Waals surface area contributed by atoms with Crippen LogP contribution < -0.4 is 0 Å². The lowest BCUT2D eigenvalue weighted by molar-refractivity contribution is -0.154. The van der Waals surface area contributed by atoms with Crippen LogP contribution in [0.25, 0.3) is 0 Å². The van der Waals surface area contributed by atoms with Crippen LogP contribution in [0, 0.1) is 0 Å². The van der Waals surface area contributed by atoms with Gasteiger partial charge in [0.15, 0.2) is 0 Å². The smallest absolute Gasteiger partial charge is 0.219 e. The third-order valence-electron chi connectivity index (χ3n) is 5.04. The third-order valence-corrected chi connectivity index (χ3v) is 5.04. The van der Waals surface area contributed by atoms with Crippen LogP contribution in [-0.4, -0.2) is 94.4 Å².